The van der Waals surface area contributed by atoms with Crippen molar-refractivity contribution in [2.45, 2.75) is 19.9 Å². The third kappa shape index (κ3) is 2.86. The second kappa shape index (κ2) is 6.02. The standard InChI is InChI=1S/C18H18N2O2/c1-13(18(21)22)12-20-16-10-6-5-9-15(16)19-17(20)11-14-7-3-2-4-8-14/h2-10,13H,11-12H2,1H3,(H,21,22)/p-1/t13-/m0/s1. The predicted molar refractivity (Wildman–Crippen MR) is 83.2 cm³/mol. The lowest BCUT2D eigenvalue weighted by molar-refractivity contribution is -0.311. The van der Waals surface area contributed by atoms with E-state index in [2.05, 4.69) is 4.98 Å². The lowest BCUT2D eigenvalue weighted by Crippen LogP contribution is -2.32. The quantitative estimate of drug-likeness (QED) is 0.723. The lowest BCUT2D eigenvalue weighted by Gasteiger charge is -2.16. The van der Waals surface area contributed by atoms with Crippen LogP contribution in [0, 0.1) is 5.92 Å². The molecule has 0 radical (unpaired) electrons. The number of fused-ring (bicyclic) bond motifs is 1. The summed E-state index contributed by atoms with van der Waals surface area (Å²) in [5.74, 6) is -0.726. The third-order valence-electron chi connectivity index (χ3n) is 3.80. The van der Waals surface area contributed by atoms with Crippen LogP contribution >= 0.6 is 0 Å². The average molecular weight is 293 g/mol. The number of carbonyl (C=O) groups is 1. The van der Waals surface area contributed by atoms with E-state index < -0.39 is 11.9 Å². The van der Waals surface area contributed by atoms with Crippen molar-refractivity contribution >= 4 is 17.0 Å². The Balaban J connectivity index is 2.02. The molecule has 3 aromatic rings. The van der Waals surface area contributed by atoms with Crippen molar-refractivity contribution in [3.63, 3.8) is 0 Å². The van der Waals surface area contributed by atoms with Crippen LogP contribution in [0.15, 0.2) is 54.6 Å². The van der Waals surface area contributed by atoms with Crippen LogP contribution in [-0.4, -0.2) is 15.5 Å². The van der Waals surface area contributed by atoms with Gasteiger partial charge in [-0.2, -0.15) is 0 Å². The number of carboxylic acid groups (broad SMARTS) is 1. The van der Waals surface area contributed by atoms with E-state index in [0.29, 0.717) is 13.0 Å². The maximum Gasteiger partial charge on any atom is 0.114 e. The Morgan fingerprint density at radius 3 is 2.55 bits per heavy atom. The number of carboxylic acids is 1. The highest BCUT2D eigenvalue weighted by atomic mass is 16.4. The summed E-state index contributed by atoms with van der Waals surface area (Å²) < 4.78 is 1.99. The van der Waals surface area contributed by atoms with E-state index in [9.17, 15) is 9.90 Å². The van der Waals surface area contributed by atoms with Crippen molar-refractivity contribution in [3.05, 3.63) is 66.0 Å². The van der Waals surface area contributed by atoms with Gasteiger partial charge in [-0.1, -0.05) is 49.4 Å². The van der Waals surface area contributed by atoms with Gasteiger partial charge in [0.15, 0.2) is 0 Å². The second-order valence-electron chi connectivity index (χ2n) is 5.51. The van der Waals surface area contributed by atoms with Crippen LogP contribution in [0.2, 0.25) is 0 Å². The molecule has 0 N–H and O–H groups in total. The Kier molecular flexibility index (Phi) is 3.92. The van der Waals surface area contributed by atoms with Crippen LogP contribution in [0.1, 0.15) is 18.3 Å². The highest BCUT2D eigenvalue weighted by Crippen LogP contribution is 2.20. The number of aliphatic carboxylic acids is 1. The van der Waals surface area contributed by atoms with Gasteiger partial charge in [0.2, 0.25) is 0 Å². The molecule has 2 aromatic carbocycles. The number of hydrogen-bond acceptors (Lipinski definition) is 3. The van der Waals surface area contributed by atoms with Gasteiger partial charge in [0.25, 0.3) is 0 Å². The molecule has 3 rings (SSSR count). The number of benzene rings is 2. The van der Waals surface area contributed by atoms with Gasteiger partial charge in [0.1, 0.15) is 5.82 Å². The molecule has 0 aliphatic carbocycles. The summed E-state index contributed by atoms with van der Waals surface area (Å²) in [6, 6.07) is 17.9. The molecular weight excluding hydrogens is 276 g/mol. The van der Waals surface area contributed by atoms with E-state index in [1.54, 1.807) is 6.92 Å². The Morgan fingerprint density at radius 1 is 1.14 bits per heavy atom. The summed E-state index contributed by atoms with van der Waals surface area (Å²) in [5, 5.41) is 11.1. The number of imidazole rings is 1. The fourth-order valence-corrected chi connectivity index (χ4v) is 2.59. The Bertz CT molecular complexity index is 793. The summed E-state index contributed by atoms with van der Waals surface area (Å²) in [4.78, 5) is 15.8. The van der Waals surface area contributed by atoms with Gasteiger partial charge in [0, 0.05) is 24.9 Å². The topological polar surface area (TPSA) is 58.0 Å². The molecule has 0 bridgehead atoms. The summed E-state index contributed by atoms with van der Waals surface area (Å²) in [7, 11) is 0. The molecule has 112 valence electrons. The molecule has 1 atom stereocenters. The monoisotopic (exact) mass is 293 g/mol. The number of rotatable bonds is 5. The zero-order valence-corrected chi connectivity index (χ0v) is 12.4. The first-order valence-electron chi connectivity index (χ1n) is 7.34. The van der Waals surface area contributed by atoms with Crippen LogP contribution in [0.4, 0.5) is 0 Å². The van der Waals surface area contributed by atoms with Crippen molar-refractivity contribution in [1.82, 2.24) is 9.55 Å². The van der Waals surface area contributed by atoms with Crippen LogP contribution < -0.4 is 5.11 Å². The van der Waals surface area contributed by atoms with Gasteiger partial charge < -0.3 is 14.5 Å². The number of hydrogen-bond donors (Lipinski definition) is 0. The largest absolute Gasteiger partial charge is 0.550 e. The summed E-state index contributed by atoms with van der Waals surface area (Å²) in [6.45, 7) is 2.03. The third-order valence-corrected chi connectivity index (χ3v) is 3.80. The zero-order valence-electron chi connectivity index (χ0n) is 12.4. The Hall–Kier alpha value is -2.62. The van der Waals surface area contributed by atoms with Gasteiger partial charge in [-0.25, -0.2) is 4.98 Å². The van der Waals surface area contributed by atoms with Crippen LogP contribution in [-0.2, 0) is 17.8 Å². The Morgan fingerprint density at radius 2 is 1.82 bits per heavy atom. The van der Waals surface area contributed by atoms with Gasteiger partial charge in [-0.3, -0.25) is 0 Å². The first kappa shape index (κ1) is 14.3. The number of para-hydroxylation sites is 2. The number of nitrogens with zero attached hydrogens (tertiary/aromatic N) is 2. The van der Waals surface area contributed by atoms with Crippen molar-refractivity contribution < 1.29 is 9.90 Å². The molecule has 0 aliphatic heterocycles. The summed E-state index contributed by atoms with van der Waals surface area (Å²) in [5.41, 5.74) is 3.00. The van der Waals surface area contributed by atoms with Gasteiger partial charge in [-0.05, 0) is 17.7 Å². The van der Waals surface area contributed by atoms with Crippen molar-refractivity contribution in [2.75, 3.05) is 0 Å². The average Bonchev–Trinajstić information content (AvgIpc) is 2.86. The normalized spacial score (nSPS) is 12.4. The molecule has 0 amide bonds. The molecule has 0 saturated heterocycles. The van der Waals surface area contributed by atoms with Crippen LogP contribution in [0.25, 0.3) is 11.0 Å². The fraction of sp³-hybridized carbons (Fsp3) is 0.222. The van der Waals surface area contributed by atoms with Crippen LogP contribution in [0.5, 0.6) is 0 Å². The maximum absolute atomic E-state index is 11.1. The minimum Gasteiger partial charge on any atom is -0.550 e. The molecule has 0 fully saturated rings. The first-order chi connectivity index (χ1) is 10.6. The fourth-order valence-electron chi connectivity index (χ4n) is 2.59. The highest BCUT2D eigenvalue weighted by molar-refractivity contribution is 5.76. The molecule has 1 heterocycles. The molecule has 22 heavy (non-hydrogen) atoms. The van der Waals surface area contributed by atoms with E-state index in [4.69, 9.17) is 0 Å². The SMILES string of the molecule is C[C@@H](Cn1c(Cc2ccccc2)nc2ccccc21)C(=O)[O-]. The van der Waals surface area contributed by atoms with E-state index in [0.717, 1.165) is 22.4 Å². The molecule has 0 unspecified atom stereocenters. The summed E-state index contributed by atoms with van der Waals surface area (Å²) >= 11 is 0. The molecule has 0 spiro atoms. The molecule has 4 nitrogen and oxygen atoms in total. The van der Waals surface area contributed by atoms with Crippen molar-refractivity contribution in [1.29, 1.82) is 0 Å². The van der Waals surface area contributed by atoms with E-state index >= 15 is 0 Å². The molecular formula is C18H17N2O2-. The highest BCUT2D eigenvalue weighted by Gasteiger charge is 2.14. The van der Waals surface area contributed by atoms with Crippen molar-refractivity contribution in [3.8, 4) is 0 Å². The van der Waals surface area contributed by atoms with Gasteiger partial charge in [0.05, 0.1) is 11.0 Å². The van der Waals surface area contributed by atoms with E-state index in [-0.39, 0.29) is 0 Å². The minimum atomic E-state index is -1.04. The van der Waals surface area contributed by atoms with Crippen molar-refractivity contribution in [2.24, 2.45) is 5.92 Å². The van der Waals surface area contributed by atoms with E-state index in [1.807, 2.05) is 59.2 Å². The smallest absolute Gasteiger partial charge is 0.114 e. The first-order valence-corrected chi connectivity index (χ1v) is 7.34. The maximum atomic E-state index is 11.1. The number of aromatic nitrogens is 2. The number of carbonyl (C=O) groups excluding carboxylic acids is 1. The lowest BCUT2D eigenvalue weighted by atomic mass is 10.1. The molecule has 0 saturated carbocycles. The second-order valence-corrected chi connectivity index (χ2v) is 5.51. The van der Waals surface area contributed by atoms with Gasteiger partial charge in [-0.15, -0.1) is 0 Å². The van der Waals surface area contributed by atoms with Gasteiger partial charge >= 0.3 is 0 Å². The summed E-state index contributed by atoms with van der Waals surface area (Å²) in [6.07, 6.45) is 0.676. The molecule has 0 aliphatic rings. The minimum absolute atomic E-state index is 0.366. The Labute approximate surface area is 129 Å². The predicted octanol–water partition coefficient (Wildman–Crippen LogP) is 2.01. The molecule has 4 heteroatoms. The van der Waals surface area contributed by atoms with E-state index in [1.165, 1.54) is 0 Å². The van der Waals surface area contributed by atoms with Crippen LogP contribution in [0.3, 0.4) is 0 Å². The molecule has 1 aromatic heterocycles. The zero-order chi connectivity index (χ0) is 15.5.